The van der Waals surface area contributed by atoms with E-state index in [0.717, 1.165) is 18.7 Å². The van der Waals surface area contributed by atoms with Crippen LogP contribution in [0.15, 0.2) is 36.7 Å². The highest BCUT2D eigenvalue weighted by Gasteiger charge is 2.10. The van der Waals surface area contributed by atoms with E-state index in [2.05, 4.69) is 35.3 Å². The van der Waals surface area contributed by atoms with Gasteiger partial charge < -0.3 is 5.73 Å². The molecule has 0 unspecified atom stereocenters. The van der Waals surface area contributed by atoms with Crippen molar-refractivity contribution in [2.24, 2.45) is 5.73 Å². The third-order valence-electron chi connectivity index (χ3n) is 3.47. The van der Waals surface area contributed by atoms with Crippen molar-refractivity contribution in [2.75, 3.05) is 6.54 Å². The predicted octanol–water partition coefficient (Wildman–Crippen LogP) is 1.80. The van der Waals surface area contributed by atoms with Gasteiger partial charge in [0.1, 0.15) is 0 Å². The van der Waals surface area contributed by atoms with E-state index < -0.39 is 0 Å². The minimum absolute atomic E-state index is 0.652. The molecule has 0 aliphatic carbocycles. The van der Waals surface area contributed by atoms with Gasteiger partial charge in [-0.15, -0.1) is 0 Å². The summed E-state index contributed by atoms with van der Waals surface area (Å²) in [6.07, 6.45) is 4.79. The van der Waals surface area contributed by atoms with Gasteiger partial charge in [0.2, 0.25) is 0 Å². The Morgan fingerprint density at radius 2 is 2.10 bits per heavy atom. The third kappa shape index (κ3) is 2.32. The highest BCUT2D eigenvalue weighted by molar-refractivity contribution is 5.81. The van der Waals surface area contributed by atoms with Crippen LogP contribution in [-0.2, 0) is 19.5 Å². The number of nitrogens with zero attached hydrogens (tertiary/aromatic N) is 4. The van der Waals surface area contributed by atoms with Crippen LogP contribution in [0.1, 0.15) is 18.2 Å². The lowest BCUT2D eigenvalue weighted by atomic mass is 10.2. The molecular weight excluding hydrogens is 250 g/mol. The van der Waals surface area contributed by atoms with Crippen molar-refractivity contribution in [3.63, 3.8) is 0 Å². The lowest BCUT2D eigenvalue weighted by Gasteiger charge is -1.98. The first-order valence-electron chi connectivity index (χ1n) is 6.97. The average molecular weight is 269 g/mol. The molecule has 0 atom stereocenters. The summed E-state index contributed by atoms with van der Waals surface area (Å²) in [5.74, 6) is 0. The van der Waals surface area contributed by atoms with Crippen molar-refractivity contribution in [3.05, 3.63) is 47.9 Å². The zero-order valence-corrected chi connectivity index (χ0v) is 11.7. The Labute approximate surface area is 118 Å². The van der Waals surface area contributed by atoms with Gasteiger partial charge in [-0.3, -0.25) is 9.36 Å². The quantitative estimate of drug-likeness (QED) is 0.768. The molecule has 0 amide bonds. The Kier molecular flexibility index (Phi) is 3.52. The molecule has 3 aromatic rings. The van der Waals surface area contributed by atoms with Gasteiger partial charge in [-0.05, 0) is 31.5 Å². The molecule has 1 aromatic carbocycles. The van der Waals surface area contributed by atoms with Crippen LogP contribution < -0.4 is 5.73 Å². The highest BCUT2D eigenvalue weighted by Crippen LogP contribution is 2.19. The van der Waals surface area contributed by atoms with Gasteiger partial charge in [-0.2, -0.15) is 10.2 Å². The molecule has 0 spiro atoms. The molecule has 2 N–H and O–H groups in total. The molecule has 5 nitrogen and oxygen atoms in total. The maximum Gasteiger partial charge on any atom is 0.0918 e. The van der Waals surface area contributed by atoms with Gasteiger partial charge in [0.05, 0.1) is 24.0 Å². The predicted molar refractivity (Wildman–Crippen MR) is 79.5 cm³/mol. The van der Waals surface area contributed by atoms with Crippen LogP contribution in [0, 0.1) is 0 Å². The zero-order chi connectivity index (χ0) is 13.9. The fourth-order valence-corrected chi connectivity index (χ4v) is 2.50. The second-order valence-corrected chi connectivity index (χ2v) is 4.86. The largest absolute Gasteiger partial charge is 0.330 e. The van der Waals surface area contributed by atoms with Crippen molar-refractivity contribution in [1.29, 1.82) is 0 Å². The molecular formula is C15H19N5. The van der Waals surface area contributed by atoms with Crippen LogP contribution in [-0.4, -0.2) is 26.1 Å². The van der Waals surface area contributed by atoms with Crippen LogP contribution in [0.5, 0.6) is 0 Å². The van der Waals surface area contributed by atoms with E-state index in [4.69, 9.17) is 5.73 Å². The molecule has 0 bridgehead atoms. The van der Waals surface area contributed by atoms with Gasteiger partial charge >= 0.3 is 0 Å². The summed E-state index contributed by atoms with van der Waals surface area (Å²) in [6, 6.07) is 8.33. The number of rotatable bonds is 5. The number of nitrogens with two attached hydrogens (primary N) is 1. The summed E-state index contributed by atoms with van der Waals surface area (Å²) in [6.45, 7) is 4.33. The fourth-order valence-electron chi connectivity index (χ4n) is 2.50. The normalized spacial score (nSPS) is 11.3. The molecule has 5 heteroatoms. The van der Waals surface area contributed by atoms with Crippen LogP contribution in [0.25, 0.3) is 10.9 Å². The summed E-state index contributed by atoms with van der Waals surface area (Å²) >= 11 is 0. The molecule has 0 radical (unpaired) electrons. The smallest absolute Gasteiger partial charge is 0.0918 e. The molecule has 20 heavy (non-hydrogen) atoms. The van der Waals surface area contributed by atoms with Crippen LogP contribution in [0.2, 0.25) is 0 Å². The van der Waals surface area contributed by atoms with Crippen molar-refractivity contribution in [2.45, 2.75) is 26.4 Å². The van der Waals surface area contributed by atoms with Crippen LogP contribution in [0.3, 0.4) is 0 Å². The van der Waals surface area contributed by atoms with Gasteiger partial charge in [-0.25, -0.2) is 0 Å². The van der Waals surface area contributed by atoms with E-state index >= 15 is 0 Å². The number of para-hydroxylation sites is 1. The van der Waals surface area contributed by atoms with E-state index in [1.165, 1.54) is 16.5 Å². The molecule has 104 valence electrons. The maximum atomic E-state index is 5.57. The number of hydrogen-bond donors (Lipinski definition) is 1. The lowest BCUT2D eigenvalue weighted by molar-refractivity contribution is 0.627. The Balaban J connectivity index is 1.93. The number of aromatic nitrogens is 4. The summed E-state index contributed by atoms with van der Waals surface area (Å²) in [5.41, 5.74) is 8.98. The second kappa shape index (κ2) is 5.46. The minimum atomic E-state index is 0.652. The first-order valence-corrected chi connectivity index (χ1v) is 6.97. The van der Waals surface area contributed by atoms with Crippen molar-refractivity contribution in [3.8, 4) is 0 Å². The summed E-state index contributed by atoms with van der Waals surface area (Å²) in [4.78, 5) is 0. The molecule has 0 fully saturated rings. The van der Waals surface area contributed by atoms with Crippen molar-refractivity contribution >= 4 is 10.9 Å². The third-order valence-corrected chi connectivity index (χ3v) is 3.47. The van der Waals surface area contributed by atoms with E-state index in [1.54, 1.807) is 0 Å². The van der Waals surface area contributed by atoms with Gasteiger partial charge in [0, 0.05) is 18.1 Å². The first kappa shape index (κ1) is 12.9. The van der Waals surface area contributed by atoms with E-state index in [9.17, 15) is 0 Å². The number of aryl methyl sites for hydroxylation is 1. The Morgan fingerprint density at radius 3 is 2.90 bits per heavy atom. The van der Waals surface area contributed by atoms with Crippen molar-refractivity contribution < 1.29 is 0 Å². The second-order valence-electron chi connectivity index (χ2n) is 4.86. The van der Waals surface area contributed by atoms with E-state index in [1.807, 2.05) is 27.8 Å². The minimum Gasteiger partial charge on any atom is -0.330 e. The topological polar surface area (TPSA) is 61.7 Å². The zero-order valence-electron chi connectivity index (χ0n) is 11.7. The van der Waals surface area contributed by atoms with Crippen LogP contribution >= 0.6 is 0 Å². The standard InChI is InChI=1S/C15H19N5/c1-2-20-15-6-4-3-5-13(15)14(18-20)11-19-10-12(7-8-16)9-17-19/h3-6,9-10H,2,7-8,11,16H2,1H3. The lowest BCUT2D eigenvalue weighted by Crippen LogP contribution is -2.04. The summed E-state index contributed by atoms with van der Waals surface area (Å²) < 4.78 is 3.97. The number of fused-ring (bicyclic) bond motifs is 1. The highest BCUT2D eigenvalue weighted by atomic mass is 15.3. The molecule has 2 heterocycles. The average Bonchev–Trinajstić information content (AvgIpc) is 3.05. The van der Waals surface area contributed by atoms with Crippen LogP contribution in [0.4, 0.5) is 0 Å². The van der Waals surface area contributed by atoms with E-state index in [0.29, 0.717) is 13.1 Å². The molecule has 0 saturated heterocycles. The molecule has 3 rings (SSSR count). The summed E-state index contributed by atoms with van der Waals surface area (Å²) in [7, 11) is 0. The maximum absolute atomic E-state index is 5.57. The van der Waals surface area contributed by atoms with Gasteiger partial charge in [-0.1, -0.05) is 18.2 Å². The number of hydrogen-bond acceptors (Lipinski definition) is 3. The summed E-state index contributed by atoms with van der Waals surface area (Å²) in [5, 5.41) is 10.3. The first-order chi connectivity index (χ1) is 9.81. The SMILES string of the molecule is CCn1nc(Cn2cc(CCN)cn2)c2ccccc21. The van der Waals surface area contributed by atoms with Gasteiger partial charge in [0.15, 0.2) is 0 Å². The molecule has 2 aromatic heterocycles. The van der Waals surface area contributed by atoms with E-state index in [-0.39, 0.29) is 0 Å². The van der Waals surface area contributed by atoms with Gasteiger partial charge in [0.25, 0.3) is 0 Å². The Bertz CT molecular complexity index is 710. The molecule has 0 aliphatic heterocycles. The Morgan fingerprint density at radius 1 is 1.25 bits per heavy atom. The Hall–Kier alpha value is -2.14. The monoisotopic (exact) mass is 269 g/mol. The fraction of sp³-hybridized carbons (Fsp3) is 0.333. The van der Waals surface area contributed by atoms with Crippen molar-refractivity contribution in [1.82, 2.24) is 19.6 Å². The molecule has 0 aliphatic rings. The molecule has 0 saturated carbocycles. The number of benzene rings is 1.